The van der Waals surface area contributed by atoms with Crippen molar-refractivity contribution >= 4 is 5.69 Å². The van der Waals surface area contributed by atoms with Gasteiger partial charge in [0.1, 0.15) is 0 Å². The fraction of sp³-hybridized carbons (Fsp3) is 0.722. The number of rotatable bonds is 5. The lowest BCUT2D eigenvalue weighted by Gasteiger charge is -2.34. The molecular weight excluding hydrogens is 258 g/mol. The van der Waals surface area contributed by atoms with Gasteiger partial charge in [0, 0.05) is 42.8 Å². The zero-order valence-electron chi connectivity index (χ0n) is 13.5. The van der Waals surface area contributed by atoms with Crippen molar-refractivity contribution < 1.29 is 0 Å². The van der Waals surface area contributed by atoms with E-state index in [1.165, 1.54) is 49.9 Å². The van der Waals surface area contributed by atoms with E-state index >= 15 is 0 Å². The van der Waals surface area contributed by atoms with Crippen LogP contribution in [0.4, 0.5) is 5.69 Å². The molecule has 116 valence electrons. The van der Waals surface area contributed by atoms with Gasteiger partial charge in [-0.3, -0.25) is 4.98 Å². The van der Waals surface area contributed by atoms with E-state index < -0.39 is 0 Å². The van der Waals surface area contributed by atoms with Crippen LogP contribution in [0, 0.1) is 11.8 Å². The van der Waals surface area contributed by atoms with Crippen molar-refractivity contribution in [2.75, 3.05) is 18.0 Å². The van der Waals surface area contributed by atoms with E-state index in [9.17, 15) is 0 Å². The second-order valence-electron chi connectivity index (χ2n) is 7.12. The Morgan fingerprint density at radius 3 is 3.00 bits per heavy atom. The lowest BCUT2D eigenvalue weighted by molar-refractivity contribution is 0.342. The Hall–Kier alpha value is -1.09. The minimum atomic E-state index is 0.694. The maximum atomic E-state index is 4.35. The Kier molecular flexibility index (Phi) is 4.79. The molecule has 0 bridgehead atoms. The molecule has 3 nitrogen and oxygen atoms in total. The van der Waals surface area contributed by atoms with E-state index in [0.717, 1.165) is 25.0 Å². The summed E-state index contributed by atoms with van der Waals surface area (Å²) >= 11 is 0. The van der Waals surface area contributed by atoms with Crippen molar-refractivity contribution in [2.24, 2.45) is 11.8 Å². The van der Waals surface area contributed by atoms with Crippen LogP contribution in [0.1, 0.15) is 51.5 Å². The SMILES string of the molecule is CC(C)CNCc1cnccc1N1CCC2CCCCC21. The highest BCUT2D eigenvalue weighted by molar-refractivity contribution is 5.54. The third-order valence-electron chi connectivity index (χ3n) is 5.07. The van der Waals surface area contributed by atoms with Gasteiger partial charge in [-0.2, -0.15) is 0 Å². The van der Waals surface area contributed by atoms with Crippen LogP contribution in [0.25, 0.3) is 0 Å². The summed E-state index contributed by atoms with van der Waals surface area (Å²) in [7, 11) is 0. The summed E-state index contributed by atoms with van der Waals surface area (Å²) in [6.07, 6.45) is 11.1. The molecule has 1 saturated heterocycles. The van der Waals surface area contributed by atoms with Gasteiger partial charge in [-0.25, -0.2) is 0 Å². The molecule has 3 heteroatoms. The molecule has 1 N–H and O–H groups in total. The van der Waals surface area contributed by atoms with Crippen LogP contribution >= 0.6 is 0 Å². The fourth-order valence-electron chi connectivity index (χ4n) is 4.04. The summed E-state index contributed by atoms with van der Waals surface area (Å²) in [5.41, 5.74) is 2.79. The van der Waals surface area contributed by atoms with Gasteiger partial charge in [-0.05, 0) is 43.7 Å². The number of pyridine rings is 1. The molecular formula is C18H29N3. The highest BCUT2D eigenvalue weighted by atomic mass is 15.2. The van der Waals surface area contributed by atoms with Crippen LogP contribution in [0.3, 0.4) is 0 Å². The molecule has 1 saturated carbocycles. The van der Waals surface area contributed by atoms with Crippen molar-refractivity contribution in [3.8, 4) is 0 Å². The first kappa shape index (κ1) is 14.8. The van der Waals surface area contributed by atoms with Gasteiger partial charge in [-0.1, -0.05) is 26.7 Å². The summed E-state index contributed by atoms with van der Waals surface area (Å²) in [6, 6.07) is 3.01. The van der Waals surface area contributed by atoms with E-state index in [1.807, 2.05) is 6.20 Å². The third kappa shape index (κ3) is 3.39. The van der Waals surface area contributed by atoms with Crippen molar-refractivity contribution in [3.05, 3.63) is 24.0 Å². The van der Waals surface area contributed by atoms with Gasteiger partial charge in [0.05, 0.1) is 0 Å². The maximum absolute atomic E-state index is 4.35. The Bertz CT molecular complexity index is 458. The Morgan fingerprint density at radius 2 is 2.14 bits per heavy atom. The van der Waals surface area contributed by atoms with Gasteiger partial charge >= 0.3 is 0 Å². The molecule has 1 aliphatic carbocycles. The van der Waals surface area contributed by atoms with Gasteiger partial charge < -0.3 is 10.2 Å². The van der Waals surface area contributed by atoms with Crippen molar-refractivity contribution in [1.82, 2.24) is 10.3 Å². The Labute approximate surface area is 129 Å². The summed E-state index contributed by atoms with van der Waals surface area (Å²) in [4.78, 5) is 7.03. The molecule has 1 aliphatic heterocycles. The fourth-order valence-corrected chi connectivity index (χ4v) is 4.04. The molecule has 2 atom stereocenters. The van der Waals surface area contributed by atoms with Crippen LogP contribution in [0.15, 0.2) is 18.5 Å². The molecule has 2 aliphatic rings. The monoisotopic (exact) mass is 287 g/mol. The quantitative estimate of drug-likeness (QED) is 0.897. The molecule has 0 spiro atoms. The molecule has 3 rings (SSSR count). The second-order valence-corrected chi connectivity index (χ2v) is 7.12. The average molecular weight is 287 g/mol. The van der Waals surface area contributed by atoms with Crippen molar-refractivity contribution in [3.63, 3.8) is 0 Å². The molecule has 1 aromatic rings. The molecule has 0 radical (unpaired) electrons. The number of hydrogen-bond donors (Lipinski definition) is 1. The van der Waals surface area contributed by atoms with Gasteiger partial charge in [-0.15, -0.1) is 0 Å². The lowest BCUT2D eigenvalue weighted by atomic mass is 9.85. The number of anilines is 1. The summed E-state index contributed by atoms with van der Waals surface area (Å²) in [6.45, 7) is 7.75. The van der Waals surface area contributed by atoms with Crippen LogP contribution in [0.5, 0.6) is 0 Å². The van der Waals surface area contributed by atoms with Gasteiger partial charge in [0.25, 0.3) is 0 Å². The second kappa shape index (κ2) is 6.78. The number of nitrogens with zero attached hydrogens (tertiary/aromatic N) is 2. The van der Waals surface area contributed by atoms with Crippen LogP contribution in [-0.4, -0.2) is 24.1 Å². The highest BCUT2D eigenvalue weighted by Gasteiger charge is 2.36. The lowest BCUT2D eigenvalue weighted by Crippen LogP contribution is -2.35. The van der Waals surface area contributed by atoms with E-state index in [4.69, 9.17) is 0 Å². The molecule has 2 unspecified atom stereocenters. The first-order valence-electron chi connectivity index (χ1n) is 8.66. The zero-order valence-corrected chi connectivity index (χ0v) is 13.5. The van der Waals surface area contributed by atoms with Crippen LogP contribution in [0.2, 0.25) is 0 Å². The number of aromatic nitrogens is 1. The van der Waals surface area contributed by atoms with Crippen molar-refractivity contribution in [2.45, 2.75) is 58.5 Å². The normalized spacial score (nSPS) is 25.4. The topological polar surface area (TPSA) is 28.2 Å². The standard InChI is InChI=1S/C18H29N3/c1-14(2)11-20-13-16-12-19-9-7-18(16)21-10-8-15-5-3-4-6-17(15)21/h7,9,12,14-15,17,20H,3-6,8,10-11,13H2,1-2H3. The largest absolute Gasteiger partial charge is 0.368 e. The molecule has 0 amide bonds. The average Bonchev–Trinajstić information content (AvgIpc) is 2.91. The molecule has 1 aromatic heterocycles. The summed E-state index contributed by atoms with van der Waals surface area (Å²) in [5, 5.41) is 3.57. The maximum Gasteiger partial charge on any atom is 0.0445 e. The smallest absolute Gasteiger partial charge is 0.0445 e. The first-order valence-corrected chi connectivity index (χ1v) is 8.66. The van der Waals surface area contributed by atoms with Gasteiger partial charge in [0.15, 0.2) is 0 Å². The summed E-state index contributed by atoms with van der Waals surface area (Å²) in [5.74, 6) is 1.63. The Morgan fingerprint density at radius 1 is 1.29 bits per heavy atom. The minimum absolute atomic E-state index is 0.694. The predicted molar refractivity (Wildman–Crippen MR) is 88.5 cm³/mol. The van der Waals surface area contributed by atoms with E-state index in [-0.39, 0.29) is 0 Å². The van der Waals surface area contributed by atoms with E-state index in [2.05, 4.69) is 41.3 Å². The highest BCUT2D eigenvalue weighted by Crippen LogP contribution is 2.39. The zero-order chi connectivity index (χ0) is 14.7. The molecule has 21 heavy (non-hydrogen) atoms. The molecule has 0 aromatic carbocycles. The van der Waals surface area contributed by atoms with E-state index in [1.54, 1.807) is 0 Å². The van der Waals surface area contributed by atoms with E-state index in [0.29, 0.717) is 5.92 Å². The first-order chi connectivity index (χ1) is 10.3. The number of hydrogen-bond acceptors (Lipinski definition) is 3. The van der Waals surface area contributed by atoms with Crippen LogP contribution in [-0.2, 0) is 6.54 Å². The predicted octanol–water partition coefficient (Wildman–Crippen LogP) is 3.60. The molecule has 2 fully saturated rings. The third-order valence-corrected chi connectivity index (χ3v) is 5.07. The van der Waals surface area contributed by atoms with Crippen LogP contribution < -0.4 is 10.2 Å². The molecule has 2 heterocycles. The summed E-state index contributed by atoms with van der Waals surface area (Å²) < 4.78 is 0. The van der Waals surface area contributed by atoms with Crippen molar-refractivity contribution in [1.29, 1.82) is 0 Å². The van der Waals surface area contributed by atoms with Gasteiger partial charge in [0.2, 0.25) is 0 Å². The number of fused-ring (bicyclic) bond motifs is 1. The minimum Gasteiger partial charge on any atom is -0.368 e. The Balaban J connectivity index is 1.72. The number of nitrogens with one attached hydrogen (secondary N) is 1.